The quantitative estimate of drug-likeness (QED) is 0.602. The first-order valence-electron chi connectivity index (χ1n) is 10.2. The highest BCUT2D eigenvalue weighted by Gasteiger charge is 2.40. The Labute approximate surface area is 167 Å². The van der Waals surface area contributed by atoms with Gasteiger partial charge < -0.3 is 4.90 Å². The van der Waals surface area contributed by atoms with Gasteiger partial charge in [-0.25, -0.2) is 0 Å². The topological polar surface area (TPSA) is 40.6 Å². The van der Waals surface area contributed by atoms with E-state index in [1.54, 1.807) is 0 Å². The van der Waals surface area contributed by atoms with Crippen molar-refractivity contribution < 1.29 is 9.59 Å². The van der Waals surface area contributed by atoms with Gasteiger partial charge in [-0.1, -0.05) is 31.4 Å². The third-order valence-electron chi connectivity index (χ3n) is 5.88. The second-order valence-corrected chi connectivity index (χ2v) is 8.45. The smallest absolute Gasteiger partial charge is 0.293 e. The number of thioether (sulfide) groups is 1. The average Bonchev–Trinajstić information content (AvgIpc) is 2.97. The van der Waals surface area contributed by atoms with Crippen LogP contribution in [0.15, 0.2) is 29.2 Å². The summed E-state index contributed by atoms with van der Waals surface area (Å²) in [4.78, 5) is 29.7. The van der Waals surface area contributed by atoms with E-state index in [0.717, 1.165) is 43.3 Å². The van der Waals surface area contributed by atoms with Gasteiger partial charge in [-0.3, -0.25) is 14.5 Å². The Morgan fingerprint density at radius 3 is 2.33 bits per heavy atom. The van der Waals surface area contributed by atoms with Crippen LogP contribution in [0.1, 0.15) is 58.4 Å². The molecule has 146 valence electrons. The molecule has 0 bridgehead atoms. The van der Waals surface area contributed by atoms with Crippen molar-refractivity contribution in [1.29, 1.82) is 0 Å². The first-order valence-corrected chi connectivity index (χ1v) is 11.0. The summed E-state index contributed by atoms with van der Waals surface area (Å²) in [5.74, 6) is 0.316. The van der Waals surface area contributed by atoms with Crippen molar-refractivity contribution >= 4 is 34.7 Å². The number of hydrogen-bond donors (Lipinski definition) is 0. The van der Waals surface area contributed by atoms with Crippen LogP contribution in [0.5, 0.6) is 0 Å². The Kier molecular flexibility index (Phi) is 6.64. The Morgan fingerprint density at radius 2 is 1.74 bits per heavy atom. The van der Waals surface area contributed by atoms with E-state index in [1.165, 1.54) is 29.8 Å². The molecular weight excluding hydrogens is 356 g/mol. The first-order chi connectivity index (χ1) is 13.0. The van der Waals surface area contributed by atoms with Gasteiger partial charge in [-0.15, -0.1) is 0 Å². The largest absolute Gasteiger partial charge is 0.372 e. The van der Waals surface area contributed by atoms with Crippen LogP contribution in [0.3, 0.4) is 0 Å². The zero-order chi connectivity index (χ0) is 19.4. The number of hydrogen-bond acceptors (Lipinski definition) is 4. The van der Waals surface area contributed by atoms with Crippen LogP contribution in [0, 0.1) is 5.92 Å². The molecule has 1 atom stereocenters. The van der Waals surface area contributed by atoms with Crippen LogP contribution >= 0.6 is 11.8 Å². The number of benzene rings is 1. The number of rotatable bonds is 6. The lowest BCUT2D eigenvalue weighted by molar-refractivity contribution is -0.125. The highest BCUT2D eigenvalue weighted by atomic mass is 32.2. The molecule has 1 saturated heterocycles. The van der Waals surface area contributed by atoms with Gasteiger partial charge >= 0.3 is 0 Å². The SMILES string of the molecule is CCN(CC)c1ccc(C=C2SC(=O)N(C(C)C3CCCCC3)C2=O)cc1. The van der Waals surface area contributed by atoms with E-state index in [4.69, 9.17) is 0 Å². The zero-order valence-corrected chi connectivity index (χ0v) is 17.4. The monoisotopic (exact) mass is 386 g/mol. The summed E-state index contributed by atoms with van der Waals surface area (Å²) < 4.78 is 0. The van der Waals surface area contributed by atoms with Crippen molar-refractivity contribution in [3.8, 4) is 0 Å². The van der Waals surface area contributed by atoms with Gasteiger partial charge in [0.15, 0.2) is 0 Å². The van der Waals surface area contributed by atoms with E-state index >= 15 is 0 Å². The molecule has 1 unspecified atom stereocenters. The second-order valence-electron chi connectivity index (χ2n) is 7.45. The third-order valence-corrected chi connectivity index (χ3v) is 6.77. The van der Waals surface area contributed by atoms with Crippen LogP contribution in [-0.2, 0) is 4.79 Å². The molecule has 5 heteroatoms. The van der Waals surface area contributed by atoms with Crippen molar-refractivity contribution in [3.63, 3.8) is 0 Å². The third kappa shape index (κ3) is 4.40. The van der Waals surface area contributed by atoms with Crippen molar-refractivity contribution in [2.24, 2.45) is 5.92 Å². The normalized spacial score (nSPS) is 21.1. The summed E-state index contributed by atoms with van der Waals surface area (Å²) in [5, 5.41) is -0.121. The Bertz CT molecular complexity index is 704. The molecule has 27 heavy (non-hydrogen) atoms. The molecule has 0 spiro atoms. The predicted octanol–water partition coefficient (Wildman–Crippen LogP) is 5.54. The maximum absolute atomic E-state index is 12.9. The first kappa shape index (κ1) is 20.0. The van der Waals surface area contributed by atoms with Crippen LogP contribution in [0.4, 0.5) is 10.5 Å². The van der Waals surface area contributed by atoms with Crippen molar-refractivity contribution in [1.82, 2.24) is 4.90 Å². The second kappa shape index (κ2) is 8.96. The minimum atomic E-state index is -0.129. The maximum Gasteiger partial charge on any atom is 0.293 e. The van der Waals surface area contributed by atoms with E-state index in [2.05, 4.69) is 30.9 Å². The fourth-order valence-electron chi connectivity index (χ4n) is 4.18. The molecule has 1 aliphatic carbocycles. The molecule has 1 aliphatic heterocycles. The highest BCUT2D eigenvalue weighted by Crippen LogP contribution is 2.38. The van der Waals surface area contributed by atoms with Gasteiger partial charge in [0.05, 0.1) is 4.91 Å². The summed E-state index contributed by atoms with van der Waals surface area (Å²) in [7, 11) is 0. The Balaban J connectivity index is 1.73. The molecule has 1 aromatic carbocycles. The number of carbonyl (C=O) groups excluding carboxylic acids is 2. The number of nitrogens with zero attached hydrogens (tertiary/aromatic N) is 2. The molecule has 1 heterocycles. The standard InChI is InChI=1S/C22H30N2O2S/c1-4-23(5-2)19-13-11-17(12-14-19)15-20-21(25)24(22(26)27-20)16(3)18-9-7-6-8-10-18/h11-16,18H,4-10H2,1-3H3. The summed E-state index contributed by atoms with van der Waals surface area (Å²) in [6.07, 6.45) is 7.78. The van der Waals surface area contributed by atoms with Gasteiger partial charge in [-0.2, -0.15) is 0 Å². The van der Waals surface area contributed by atoms with Crippen LogP contribution in [-0.4, -0.2) is 35.2 Å². The summed E-state index contributed by atoms with van der Waals surface area (Å²) in [6, 6.07) is 8.19. The molecule has 3 rings (SSSR count). The Morgan fingerprint density at radius 1 is 1.11 bits per heavy atom. The van der Waals surface area contributed by atoms with Gasteiger partial charge in [0.1, 0.15) is 0 Å². The number of amides is 2. The van der Waals surface area contributed by atoms with Crippen LogP contribution in [0.25, 0.3) is 6.08 Å². The number of anilines is 1. The van der Waals surface area contributed by atoms with Gasteiger partial charge in [-0.05, 0) is 75.1 Å². The summed E-state index contributed by atoms with van der Waals surface area (Å²) >= 11 is 1.08. The number of carbonyl (C=O) groups is 2. The molecule has 1 saturated carbocycles. The van der Waals surface area contributed by atoms with Gasteiger partial charge in [0.2, 0.25) is 0 Å². The van der Waals surface area contributed by atoms with Crippen molar-refractivity contribution in [2.45, 2.75) is 58.9 Å². The maximum atomic E-state index is 12.9. The van der Waals surface area contributed by atoms with Gasteiger partial charge in [0, 0.05) is 24.8 Å². The summed E-state index contributed by atoms with van der Waals surface area (Å²) in [5.41, 5.74) is 2.14. The fraction of sp³-hybridized carbons (Fsp3) is 0.545. The minimum Gasteiger partial charge on any atom is -0.372 e. The fourth-order valence-corrected chi connectivity index (χ4v) is 5.10. The molecular formula is C22H30N2O2S. The summed E-state index contributed by atoms with van der Waals surface area (Å²) in [6.45, 7) is 8.25. The minimum absolute atomic E-state index is 0.00579. The zero-order valence-electron chi connectivity index (χ0n) is 16.6. The van der Waals surface area contributed by atoms with E-state index < -0.39 is 0 Å². The van der Waals surface area contributed by atoms with E-state index in [-0.39, 0.29) is 17.2 Å². The molecule has 0 radical (unpaired) electrons. The van der Waals surface area contributed by atoms with Crippen molar-refractivity contribution in [2.75, 3.05) is 18.0 Å². The van der Waals surface area contributed by atoms with Crippen LogP contribution in [0.2, 0.25) is 0 Å². The van der Waals surface area contributed by atoms with E-state index in [0.29, 0.717) is 10.8 Å². The molecule has 4 nitrogen and oxygen atoms in total. The predicted molar refractivity (Wildman–Crippen MR) is 114 cm³/mol. The molecule has 2 aliphatic rings. The lowest BCUT2D eigenvalue weighted by Gasteiger charge is -2.32. The van der Waals surface area contributed by atoms with E-state index in [1.807, 2.05) is 25.1 Å². The molecule has 0 N–H and O–H groups in total. The highest BCUT2D eigenvalue weighted by molar-refractivity contribution is 8.18. The van der Waals surface area contributed by atoms with Gasteiger partial charge in [0.25, 0.3) is 11.1 Å². The number of imide groups is 1. The van der Waals surface area contributed by atoms with Crippen LogP contribution < -0.4 is 4.90 Å². The lowest BCUT2D eigenvalue weighted by atomic mass is 9.84. The molecule has 1 aromatic rings. The van der Waals surface area contributed by atoms with E-state index in [9.17, 15) is 9.59 Å². The molecule has 2 fully saturated rings. The average molecular weight is 387 g/mol. The molecule has 2 amide bonds. The molecule has 0 aromatic heterocycles. The van der Waals surface area contributed by atoms with Crippen molar-refractivity contribution in [3.05, 3.63) is 34.7 Å². The lowest BCUT2D eigenvalue weighted by Crippen LogP contribution is -2.42. The Hall–Kier alpha value is -1.75.